The summed E-state index contributed by atoms with van der Waals surface area (Å²) in [4.78, 5) is 14.4. The van der Waals surface area contributed by atoms with Gasteiger partial charge in [-0.1, -0.05) is 0 Å². The van der Waals surface area contributed by atoms with Gasteiger partial charge in [-0.3, -0.25) is 4.79 Å². The Kier molecular flexibility index (Phi) is 5.08. The number of likely N-dealkylation sites (tertiary alicyclic amines) is 1. The molecule has 0 bridgehead atoms. The number of benzene rings is 2. The summed E-state index contributed by atoms with van der Waals surface area (Å²) in [6, 6.07) is 11.2. The van der Waals surface area contributed by atoms with Crippen LogP contribution in [0.4, 0.5) is 4.39 Å². The number of carbonyl (C=O) groups is 1. The van der Waals surface area contributed by atoms with Crippen LogP contribution in [0.25, 0.3) is 0 Å². The molecule has 0 saturated carbocycles. The standard InChI is InChI=1S/C20H19FN2O3/c1-25-17-3-4-19(26-2)18(10-17)14-5-6-23(12-14)20(24)15-7-13(11-22)8-16(21)9-15/h3-4,7-10,14H,5-6,12H2,1-2H3. The number of hydrogen-bond acceptors (Lipinski definition) is 4. The van der Waals surface area contributed by atoms with Crippen LogP contribution in [0.5, 0.6) is 11.5 Å². The van der Waals surface area contributed by atoms with Crippen LogP contribution in [0.1, 0.15) is 33.8 Å². The highest BCUT2D eigenvalue weighted by atomic mass is 19.1. The molecule has 1 aliphatic rings. The molecule has 1 amide bonds. The zero-order valence-electron chi connectivity index (χ0n) is 14.7. The second-order valence-electron chi connectivity index (χ2n) is 6.19. The number of nitriles is 1. The minimum absolute atomic E-state index is 0.105. The molecule has 0 aromatic heterocycles. The maximum atomic E-state index is 13.6. The number of halogens is 1. The second kappa shape index (κ2) is 7.44. The summed E-state index contributed by atoms with van der Waals surface area (Å²) < 4.78 is 24.4. The molecule has 0 aliphatic carbocycles. The Bertz CT molecular complexity index is 876. The van der Waals surface area contributed by atoms with Crippen LogP contribution in [-0.2, 0) is 0 Å². The maximum absolute atomic E-state index is 13.6. The first-order valence-corrected chi connectivity index (χ1v) is 8.27. The monoisotopic (exact) mass is 354 g/mol. The lowest BCUT2D eigenvalue weighted by Crippen LogP contribution is -2.28. The first kappa shape index (κ1) is 17.7. The van der Waals surface area contributed by atoms with E-state index in [-0.39, 0.29) is 23.0 Å². The van der Waals surface area contributed by atoms with E-state index >= 15 is 0 Å². The minimum Gasteiger partial charge on any atom is -0.497 e. The molecule has 1 heterocycles. The summed E-state index contributed by atoms with van der Waals surface area (Å²) in [5.41, 5.74) is 1.32. The van der Waals surface area contributed by atoms with Crippen molar-refractivity contribution >= 4 is 5.91 Å². The molecule has 2 aromatic rings. The van der Waals surface area contributed by atoms with Crippen molar-refractivity contribution in [2.45, 2.75) is 12.3 Å². The summed E-state index contributed by atoms with van der Waals surface area (Å²) in [6.45, 7) is 1.06. The lowest BCUT2D eigenvalue weighted by molar-refractivity contribution is 0.0790. The molecule has 0 N–H and O–H groups in total. The van der Waals surface area contributed by atoms with Crippen molar-refractivity contribution < 1.29 is 18.7 Å². The molecule has 0 radical (unpaired) electrons. The van der Waals surface area contributed by atoms with Gasteiger partial charge in [-0.25, -0.2) is 4.39 Å². The number of ether oxygens (including phenoxy) is 2. The molecule has 3 rings (SSSR count). The van der Waals surface area contributed by atoms with Gasteiger partial charge in [-0.15, -0.1) is 0 Å². The Labute approximate surface area is 151 Å². The van der Waals surface area contributed by atoms with Gasteiger partial charge in [0.2, 0.25) is 0 Å². The SMILES string of the molecule is COc1ccc(OC)c(C2CCN(C(=O)c3cc(F)cc(C#N)c3)C2)c1. The van der Waals surface area contributed by atoms with Crippen LogP contribution in [0.2, 0.25) is 0 Å². The van der Waals surface area contributed by atoms with Crippen molar-refractivity contribution in [2.24, 2.45) is 0 Å². The topological polar surface area (TPSA) is 62.6 Å². The van der Waals surface area contributed by atoms with Gasteiger partial charge in [-0.05, 0) is 42.8 Å². The van der Waals surface area contributed by atoms with E-state index in [0.717, 1.165) is 29.5 Å². The van der Waals surface area contributed by atoms with Crippen LogP contribution in [-0.4, -0.2) is 38.1 Å². The van der Waals surface area contributed by atoms with Gasteiger partial charge in [0.15, 0.2) is 0 Å². The molecule has 1 atom stereocenters. The summed E-state index contributed by atoms with van der Waals surface area (Å²) in [7, 11) is 3.21. The van der Waals surface area contributed by atoms with Crippen LogP contribution >= 0.6 is 0 Å². The number of hydrogen-bond donors (Lipinski definition) is 0. The quantitative estimate of drug-likeness (QED) is 0.845. The van der Waals surface area contributed by atoms with E-state index in [9.17, 15) is 9.18 Å². The molecule has 2 aromatic carbocycles. The van der Waals surface area contributed by atoms with E-state index in [1.807, 2.05) is 24.3 Å². The van der Waals surface area contributed by atoms with E-state index < -0.39 is 5.82 Å². The largest absolute Gasteiger partial charge is 0.497 e. The lowest BCUT2D eigenvalue weighted by atomic mass is 9.97. The average molecular weight is 354 g/mol. The molecule has 26 heavy (non-hydrogen) atoms. The molecule has 1 fully saturated rings. The fourth-order valence-electron chi connectivity index (χ4n) is 3.32. The van der Waals surface area contributed by atoms with Crippen molar-refractivity contribution in [3.63, 3.8) is 0 Å². The third-order valence-electron chi connectivity index (χ3n) is 4.63. The van der Waals surface area contributed by atoms with Crippen molar-refractivity contribution in [3.8, 4) is 17.6 Å². The van der Waals surface area contributed by atoms with E-state index in [1.54, 1.807) is 19.1 Å². The predicted molar refractivity (Wildman–Crippen MR) is 93.9 cm³/mol. The normalized spacial score (nSPS) is 16.2. The fraction of sp³-hybridized carbons (Fsp3) is 0.300. The highest BCUT2D eigenvalue weighted by Gasteiger charge is 2.30. The van der Waals surface area contributed by atoms with Crippen molar-refractivity contribution in [3.05, 3.63) is 58.9 Å². The maximum Gasteiger partial charge on any atom is 0.254 e. The summed E-state index contributed by atoms with van der Waals surface area (Å²) in [5.74, 6) is 0.730. The number of rotatable bonds is 4. The number of nitrogens with zero attached hydrogens (tertiary/aromatic N) is 2. The highest BCUT2D eigenvalue weighted by Crippen LogP contribution is 2.36. The van der Waals surface area contributed by atoms with Crippen molar-refractivity contribution in [2.75, 3.05) is 27.3 Å². The number of amides is 1. The lowest BCUT2D eigenvalue weighted by Gasteiger charge is -2.18. The minimum atomic E-state index is -0.586. The Balaban J connectivity index is 1.82. The van der Waals surface area contributed by atoms with Gasteiger partial charge >= 0.3 is 0 Å². The predicted octanol–water partition coefficient (Wildman–Crippen LogP) is 3.34. The van der Waals surface area contributed by atoms with Crippen LogP contribution in [0, 0.1) is 17.1 Å². The van der Waals surface area contributed by atoms with E-state index in [1.165, 1.54) is 12.1 Å². The molecular formula is C20H19FN2O3. The summed E-state index contributed by atoms with van der Waals surface area (Å²) in [5, 5.41) is 8.96. The van der Waals surface area contributed by atoms with E-state index in [2.05, 4.69) is 0 Å². The van der Waals surface area contributed by atoms with Gasteiger partial charge < -0.3 is 14.4 Å². The average Bonchev–Trinajstić information content (AvgIpc) is 3.16. The molecule has 5 nitrogen and oxygen atoms in total. The van der Waals surface area contributed by atoms with Crippen molar-refractivity contribution in [1.82, 2.24) is 4.90 Å². The molecular weight excluding hydrogens is 335 g/mol. The Hall–Kier alpha value is -3.07. The second-order valence-corrected chi connectivity index (χ2v) is 6.19. The Morgan fingerprint density at radius 2 is 2.04 bits per heavy atom. The van der Waals surface area contributed by atoms with Crippen molar-refractivity contribution in [1.29, 1.82) is 5.26 Å². The van der Waals surface area contributed by atoms with Crippen LogP contribution in [0.3, 0.4) is 0 Å². The smallest absolute Gasteiger partial charge is 0.254 e. The van der Waals surface area contributed by atoms with Crippen LogP contribution in [0.15, 0.2) is 36.4 Å². The van der Waals surface area contributed by atoms with Gasteiger partial charge in [0.05, 0.1) is 25.9 Å². The van der Waals surface area contributed by atoms with E-state index in [4.69, 9.17) is 14.7 Å². The summed E-state index contributed by atoms with van der Waals surface area (Å²) >= 11 is 0. The van der Waals surface area contributed by atoms with E-state index in [0.29, 0.717) is 13.1 Å². The zero-order chi connectivity index (χ0) is 18.7. The zero-order valence-corrected chi connectivity index (χ0v) is 14.7. The van der Waals surface area contributed by atoms with Gasteiger partial charge in [0.1, 0.15) is 17.3 Å². The molecule has 134 valence electrons. The first-order valence-electron chi connectivity index (χ1n) is 8.27. The third kappa shape index (κ3) is 3.47. The Morgan fingerprint density at radius 3 is 2.73 bits per heavy atom. The highest BCUT2D eigenvalue weighted by molar-refractivity contribution is 5.94. The Morgan fingerprint density at radius 1 is 1.23 bits per heavy atom. The fourth-order valence-corrected chi connectivity index (χ4v) is 3.32. The first-order chi connectivity index (χ1) is 12.5. The molecule has 1 saturated heterocycles. The van der Waals surface area contributed by atoms with Gasteiger partial charge in [-0.2, -0.15) is 5.26 Å². The molecule has 1 aliphatic heterocycles. The molecule has 1 unspecified atom stereocenters. The number of methoxy groups -OCH3 is 2. The molecule has 0 spiro atoms. The van der Waals surface area contributed by atoms with Crippen LogP contribution < -0.4 is 9.47 Å². The third-order valence-corrected chi connectivity index (χ3v) is 4.63. The molecule has 6 heteroatoms. The number of carbonyl (C=O) groups excluding carboxylic acids is 1. The van der Waals surface area contributed by atoms with Gasteiger partial charge in [0.25, 0.3) is 5.91 Å². The summed E-state index contributed by atoms with van der Waals surface area (Å²) in [6.07, 6.45) is 0.774. The van der Waals surface area contributed by atoms with Gasteiger partial charge in [0, 0.05) is 30.1 Å².